The van der Waals surface area contributed by atoms with Crippen LogP contribution in [0, 0.1) is 5.41 Å². The maximum absolute atomic E-state index is 6.19. The summed E-state index contributed by atoms with van der Waals surface area (Å²) in [7, 11) is 0. The number of ether oxygens (including phenoxy) is 1. The molecule has 1 N–H and O–H groups in total. The van der Waals surface area contributed by atoms with Crippen molar-refractivity contribution in [1.29, 1.82) is 0 Å². The van der Waals surface area contributed by atoms with Crippen LogP contribution in [0.15, 0.2) is 12.4 Å². The Labute approximate surface area is 119 Å². The molecular formula is C14H22ClN3O. The van der Waals surface area contributed by atoms with Gasteiger partial charge in [-0.2, -0.15) is 0 Å². The van der Waals surface area contributed by atoms with Crippen molar-refractivity contribution >= 4 is 17.4 Å². The largest absolute Gasteiger partial charge is 0.478 e. The molecule has 0 atom stereocenters. The van der Waals surface area contributed by atoms with Crippen LogP contribution in [0.1, 0.15) is 39.0 Å². The Kier molecular flexibility index (Phi) is 5.25. The zero-order valence-corrected chi connectivity index (χ0v) is 12.2. The third-order valence-electron chi connectivity index (χ3n) is 3.78. The minimum atomic E-state index is 0.219. The van der Waals surface area contributed by atoms with Gasteiger partial charge in [-0.25, -0.2) is 9.97 Å². The van der Waals surface area contributed by atoms with E-state index < -0.39 is 0 Å². The van der Waals surface area contributed by atoms with E-state index in [1.165, 1.54) is 38.4 Å². The average molecular weight is 284 g/mol. The minimum Gasteiger partial charge on any atom is -0.478 e. The molecule has 1 aromatic rings. The summed E-state index contributed by atoms with van der Waals surface area (Å²) in [5.41, 5.74) is 0.219. The van der Waals surface area contributed by atoms with Crippen molar-refractivity contribution in [3.63, 3.8) is 0 Å². The summed E-state index contributed by atoms with van der Waals surface area (Å²) in [6.45, 7) is 3.43. The molecule has 1 aliphatic rings. The molecule has 19 heavy (non-hydrogen) atoms. The molecule has 1 fully saturated rings. The molecule has 0 spiro atoms. The highest BCUT2D eigenvalue weighted by molar-refractivity contribution is 6.18. The number of anilines is 1. The Morgan fingerprint density at radius 1 is 1.32 bits per heavy atom. The lowest BCUT2D eigenvalue weighted by molar-refractivity contribution is 0.238. The number of alkyl halides is 1. The fourth-order valence-electron chi connectivity index (χ4n) is 2.60. The van der Waals surface area contributed by atoms with Gasteiger partial charge in [0, 0.05) is 23.9 Å². The smallest absolute Gasteiger partial charge is 0.218 e. The van der Waals surface area contributed by atoms with Crippen molar-refractivity contribution in [2.45, 2.75) is 39.0 Å². The molecule has 0 unspecified atom stereocenters. The Bertz CT molecular complexity index is 394. The number of halogens is 1. The quantitative estimate of drug-likeness (QED) is 0.812. The van der Waals surface area contributed by atoms with Crippen molar-refractivity contribution in [3.8, 4) is 5.88 Å². The maximum Gasteiger partial charge on any atom is 0.218 e. The van der Waals surface area contributed by atoms with Crippen LogP contribution < -0.4 is 10.1 Å². The molecule has 1 saturated carbocycles. The van der Waals surface area contributed by atoms with Crippen molar-refractivity contribution in [2.24, 2.45) is 5.41 Å². The molecule has 0 saturated heterocycles. The average Bonchev–Trinajstić information content (AvgIpc) is 2.47. The lowest BCUT2D eigenvalue weighted by Gasteiger charge is -2.35. The lowest BCUT2D eigenvalue weighted by atomic mass is 9.75. The van der Waals surface area contributed by atoms with Gasteiger partial charge >= 0.3 is 0 Å². The number of hydrogen-bond donors (Lipinski definition) is 1. The van der Waals surface area contributed by atoms with E-state index in [1.807, 2.05) is 13.0 Å². The number of nitrogens with one attached hydrogen (secondary N) is 1. The van der Waals surface area contributed by atoms with E-state index in [9.17, 15) is 0 Å². The van der Waals surface area contributed by atoms with E-state index in [1.54, 1.807) is 0 Å². The van der Waals surface area contributed by atoms with E-state index in [4.69, 9.17) is 16.3 Å². The number of rotatable bonds is 6. The van der Waals surface area contributed by atoms with E-state index in [0.717, 1.165) is 12.4 Å². The van der Waals surface area contributed by atoms with Crippen LogP contribution >= 0.6 is 11.6 Å². The van der Waals surface area contributed by atoms with Gasteiger partial charge in [0.15, 0.2) is 0 Å². The SMILES string of the molecule is CCOc1cc(NCC2(CCl)CCCCC2)ncn1. The minimum absolute atomic E-state index is 0.219. The highest BCUT2D eigenvalue weighted by Gasteiger charge is 2.31. The van der Waals surface area contributed by atoms with Gasteiger partial charge in [-0.05, 0) is 19.8 Å². The Morgan fingerprint density at radius 2 is 2.11 bits per heavy atom. The Balaban J connectivity index is 1.94. The second-order valence-corrected chi connectivity index (χ2v) is 5.49. The molecule has 1 aliphatic carbocycles. The molecular weight excluding hydrogens is 262 g/mol. The highest BCUT2D eigenvalue weighted by Crippen LogP contribution is 2.37. The first-order chi connectivity index (χ1) is 9.28. The molecule has 1 aromatic heterocycles. The van der Waals surface area contributed by atoms with E-state index in [-0.39, 0.29) is 5.41 Å². The van der Waals surface area contributed by atoms with Gasteiger partial charge in [0.2, 0.25) is 5.88 Å². The second kappa shape index (κ2) is 6.94. The molecule has 0 aromatic carbocycles. The molecule has 0 aliphatic heterocycles. The summed E-state index contributed by atoms with van der Waals surface area (Å²) in [6, 6.07) is 1.84. The van der Waals surface area contributed by atoms with Gasteiger partial charge in [-0.1, -0.05) is 19.3 Å². The summed E-state index contributed by atoms with van der Waals surface area (Å²) in [5.74, 6) is 2.14. The van der Waals surface area contributed by atoms with Crippen LogP contribution in [-0.4, -0.2) is 29.0 Å². The third-order valence-corrected chi connectivity index (χ3v) is 4.34. The van der Waals surface area contributed by atoms with Crippen LogP contribution in [-0.2, 0) is 0 Å². The summed E-state index contributed by atoms with van der Waals surface area (Å²) >= 11 is 6.19. The summed E-state index contributed by atoms with van der Waals surface area (Å²) in [5, 5.41) is 3.39. The normalized spacial score (nSPS) is 18.0. The van der Waals surface area contributed by atoms with Crippen molar-refractivity contribution in [1.82, 2.24) is 9.97 Å². The second-order valence-electron chi connectivity index (χ2n) is 5.22. The predicted molar refractivity (Wildman–Crippen MR) is 77.9 cm³/mol. The van der Waals surface area contributed by atoms with Gasteiger partial charge in [0.05, 0.1) is 6.61 Å². The number of hydrogen-bond acceptors (Lipinski definition) is 4. The van der Waals surface area contributed by atoms with E-state index >= 15 is 0 Å². The molecule has 5 heteroatoms. The standard InChI is InChI=1S/C14H22ClN3O/c1-2-19-13-8-12(17-11-18-13)16-10-14(9-15)6-4-3-5-7-14/h8,11H,2-7,9-10H2,1H3,(H,16,17,18). The topological polar surface area (TPSA) is 47.0 Å². The fraction of sp³-hybridized carbons (Fsp3) is 0.714. The summed E-state index contributed by atoms with van der Waals surface area (Å²) in [6.07, 6.45) is 7.83. The van der Waals surface area contributed by atoms with Gasteiger partial charge in [-0.15, -0.1) is 11.6 Å². The molecule has 1 heterocycles. The Hall–Kier alpha value is -1.03. The first kappa shape index (κ1) is 14.4. The van der Waals surface area contributed by atoms with Crippen LogP contribution in [0.2, 0.25) is 0 Å². The molecule has 106 valence electrons. The summed E-state index contributed by atoms with van der Waals surface area (Å²) in [4.78, 5) is 8.29. The first-order valence-electron chi connectivity index (χ1n) is 7.03. The van der Waals surface area contributed by atoms with Crippen LogP contribution in [0.3, 0.4) is 0 Å². The van der Waals surface area contributed by atoms with E-state index in [2.05, 4.69) is 15.3 Å². The van der Waals surface area contributed by atoms with Crippen LogP contribution in [0.5, 0.6) is 5.88 Å². The van der Waals surface area contributed by atoms with Crippen molar-refractivity contribution < 1.29 is 4.74 Å². The molecule has 4 nitrogen and oxygen atoms in total. The fourth-order valence-corrected chi connectivity index (χ4v) is 2.96. The third kappa shape index (κ3) is 3.96. The van der Waals surface area contributed by atoms with E-state index in [0.29, 0.717) is 18.4 Å². The molecule has 0 bridgehead atoms. The van der Waals surface area contributed by atoms with Gasteiger partial charge < -0.3 is 10.1 Å². The predicted octanol–water partition coefficient (Wildman–Crippen LogP) is 3.48. The maximum atomic E-state index is 6.19. The molecule has 2 rings (SSSR count). The van der Waals surface area contributed by atoms with Crippen LogP contribution in [0.25, 0.3) is 0 Å². The first-order valence-corrected chi connectivity index (χ1v) is 7.56. The van der Waals surface area contributed by atoms with Crippen LogP contribution in [0.4, 0.5) is 5.82 Å². The summed E-state index contributed by atoms with van der Waals surface area (Å²) < 4.78 is 5.37. The van der Waals surface area contributed by atoms with Gasteiger partial charge in [0.25, 0.3) is 0 Å². The zero-order valence-electron chi connectivity index (χ0n) is 11.5. The number of nitrogens with zero attached hydrogens (tertiary/aromatic N) is 2. The lowest BCUT2D eigenvalue weighted by Crippen LogP contribution is -2.34. The van der Waals surface area contributed by atoms with Gasteiger partial charge in [0.1, 0.15) is 12.1 Å². The molecule has 0 amide bonds. The molecule has 0 radical (unpaired) electrons. The highest BCUT2D eigenvalue weighted by atomic mass is 35.5. The van der Waals surface area contributed by atoms with Gasteiger partial charge in [-0.3, -0.25) is 0 Å². The number of aromatic nitrogens is 2. The monoisotopic (exact) mass is 283 g/mol. The van der Waals surface area contributed by atoms with Crippen molar-refractivity contribution in [2.75, 3.05) is 24.3 Å². The Morgan fingerprint density at radius 3 is 2.79 bits per heavy atom. The van der Waals surface area contributed by atoms with Crippen molar-refractivity contribution in [3.05, 3.63) is 12.4 Å². The zero-order chi connectivity index (χ0) is 13.6.